The van der Waals surface area contributed by atoms with Crippen LogP contribution in [-0.2, 0) is 4.74 Å². The van der Waals surface area contributed by atoms with Gasteiger partial charge < -0.3 is 4.74 Å². The van der Waals surface area contributed by atoms with Gasteiger partial charge in [0.15, 0.2) is 0 Å². The first-order chi connectivity index (χ1) is 9.01. The van der Waals surface area contributed by atoms with Gasteiger partial charge >= 0.3 is 11.0 Å². The van der Waals surface area contributed by atoms with E-state index in [2.05, 4.69) is 0 Å². The molecule has 6 heteroatoms. The number of esters is 1. The number of carbonyl (C=O) groups excluding carboxylic acids is 1. The number of allylic oxidation sites excluding steroid dienone is 1. The van der Waals surface area contributed by atoms with Crippen molar-refractivity contribution < 1.29 is 14.5 Å². The highest BCUT2D eigenvalue weighted by molar-refractivity contribution is 6.24. The van der Waals surface area contributed by atoms with Crippen LogP contribution >= 0.6 is 11.6 Å². The highest BCUT2D eigenvalue weighted by atomic mass is 35.5. The Morgan fingerprint density at radius 1 is 1.37 bits per heavy atom. The van der Waals surface area contributed by atoms with Crippen molar-refractivity contribution in [1.82, 2.24) is 0 Å². The minimum Gasteiger partial charge on any atom is -0.423 e. The van der Waals surface area contributed by atoms with Crippen molar-refractivity contribution in [1.29, 1.82) is 0 Å². The van der Waals surface area contributed by atoms with E-state index in [1.807, 2.05) is 0 Å². The maximum Gasteiger partial charge on any atom is 0.343 e. The Morgan fingerprint density at radius 2 is 2.05 bits per heavy atom. The van der Waals surface area contributed by atoms with Gasteiger partial charge in [-0.1, -0.05) is 18.2 Å². The fourth-order valence-electron chi connectivity index (χ4n) is 1.54. The number of halogens is 1. The number of benzene rings is 1. The molecular formula is C13H10ClNO4. The zero-order valence-electron chi connectivity index (χ0n) is 9.78. The molecule has 0 aliphatic heterocycles. The molecule has 0 N–H and O–H groups in total. The largest absolute Gasteiger partial charge is 0.423 e. The molecule has 0 radical (unpaired) electrons. The Labute approximate surface area is 114 Å². The molecule has 0 fully saturated rings. The molecule has 1 atom stereocenters. The van der Waals surface area contributed by atoms with Crippen LogP contribution in [0.25, 0.3) is 0 Å². The third kappa shape index (κ3) is 3.00. The van der Waals surface area contributed by atoms with E-state index >= 15 is 0 Å². The molecule has 19 heavy (non-hydrogen) atoms. The Morgan fingerprint density at radius 3 is 2.58 bits per heavy atom. The number of carbonyl (C=O) groups is 1. The molecule has 0 spiro atoms. The molecule has 0 aromatic heterocycles. The maximum atomic E-state index is 11.7. The van der Waals surface area contributed by atoms with E-state index in [0.29, 0.717) is 5.56 Å². The van der Waals surface area contributed by atoms with Crippen molar-refractivity contribution in [2.24, 2.45) is 0 Å². The van der Waals surface area contributed by atoms with Crippen LogP contribution in [0.15, 0.2) is 54.3 Å². The number of rotatable bonds is 3. The van der Waals surface area contributed by atoms with Gasteiger partial charge in [0.05, 0.1) is 12.0 Å². The molecular weight excluding hydrogens is 270 g/mol. The highest BCUT2D eigenvalue weighted by Gasteiger charge is 2.38. The van der Waals surface area contributed by atoms with Crippen molar-refractivity contribution in [2.75, 3.05) is 0 Å². The quantitative estimate of drug-likeness (QED) is 0.280. The van der Waals surface area contributed by atoms with Gasteiger partial charge in [-0.2, -0.15) is 0 Å². The van der Waals surface area contributed by atoms with Crippen LogP contribution in [0.3, 0.4) is 0 Å². The second kappa shape index (κ2) is 5.24. The molecule has 98 valence electrons. The van der Waals surface area contributed by atoms with E-state index in [4.69, 9.17) is 16.3 Å². The molecule has 1 unspecified atom stereocenters. The second-order valence-corrected chi connectivity index (χ2v) is 4.63. The van der Waals surface area contributed by atoms with Crippen molar-refractivity contribution in [3.8, 4) is 0 Å². The van der Waals surface area contributed by atoms with Gasteiger partial charge in [-0.05, 0) is 35.9 Å². The van der Waals surface area contributed by atoms with Gasteiger partial charge in [-0.15, -0.1) is 0 Å². The summed E-state index contributed by atoms with van der Waals surface area (Å²) in [6.45, 7) is 0. The normalized spacial score (nSPS) is 21.6. The van der Waals surface area contributed by atoms with E-state index in [-0.39, 0.29) is 12.2 Å². The van der Waals surface area contributed by atoms with Gasteiger partial charge in [0.2, 0.25) is 0 Å². The van der Waals surface area contributed by atoms with E-state index in [1.165, 1.54) is 18.2 Å². The Kier molecular flexibility index (Phi) is 3.66. The zero-order chi connectivity index (χ0) is 13.9. The van der Waals surface area contributed by atoms with Crippen molar-refractivity contribution in [2.45, 2.75) is 11.4 Å². The fourth-order valence-corrected chi connectivity index (χ4v) is 1.68. The monoisotopic (exact) mass is 279 g/mol. The summed E-state index contributed by atoms with van der Waals surface area (Å²) in [4.78, 5) is 20.2. The summed E-state index contributed by atoms with van der Waals surface area (Å²) in [7, 11) is 0. The lowest BCUT2D eigenvalue weighted by Crippen LogP contribution is -2.30. The van der Waals surface area contributed by atoms with Crippen molar-refractivity contribution in [3.05, 3.63) is 70.0 Å². The third-order valence-corrected chi connectivity index (χ3v) is 3.03. The van der Waals surface area contributed by atoms with Crippen molar-refractivity contribution in [3.63, 3.8) is 0 Å². The van der Waals surface area contributed by atoms with Gasteiger partial charge in [0.25, 0.3) is 0 Å². The summed E-state index contributed by atoms with van der Waals surface area (Å²) in [5.41, 5.74) is 0.411. The molecule has 1 aromatic rings. The summed E-state index contributed by atoms with van der Waals surface area (Å²) in [5.74, 6) is -0.258. The topological polar surface area (TPSA) is 69.4 Å². The molecule has 0 bridgehead atoms. The molecule has 2 rings (SSSR count). The van der Waals surface area contributed by atoms with Gasteiger partial charge in [0, 0.05) is 11.0 Å². The molecule has 0 heterocycles. The fraction of sp³-hybridized carbons (Fsp3) is 0.154. The molecule has 1 aliphatic carbocycles. The van der Waals surface area contributed by atoms with E-state index in [1.54, 1.807) is 30.3 Å². The first kappa shape index (κ1) is 13.3. The average Bonchev–Trinajstić information content (AvgIpc) is 2.42. The predicted molar refractivity (Wildman–Crippen MR) is 69.3 cm³/mol. The Hall–Kier alpha value is -2.14. The first-order valence-corrected chi connectivity index (χ1v) is 5.89. The number of hydrogen-bond acceptors (Lipinski definition) is 4. The zero-order valence-corrected chi connectivity index (χ0v) is 10.5. The predicted octanol–water partition coefficient (Wildman–Crippen LogP) is 2.90. The number of nitrogens with zero attached hydrogens (tertiary/aromatic N) is 1. The van der Waals surface area contributed by atoms with Crippen LogP contribution in [0.2, 0.25) is 0 Å². The lowest BCUT2D eigenvalue weighted by atomic mass is 10.1. The second-order valence-electron chi connectivity index (χ2n) is 3.98. The SMILES string of the molecule is O=C(OC1=CCC(Cl)([N+](=O)[O-])C=C1)c1ccccc1. The standard InChI is InChI=1S/C13H10ClNO4/c14-13(15(17)18)8-6-11(7-9-13)19-12(16)10-4-2-1-3-5-10/h1-8H,9H2. The first-order valence-electron chi connectivity index (χ1n) is 5.51. The summed E-state index contributed by atoms with van der Waals surface area (Å²) < 4.78 is 5.10. The van der Waals surface area contributed by atoms with Crippen LogP contribution in [0.1, 0.15) is 16.8 Å². The molecule has 5 nitrogen and oxygen atoms in total. The summed E-state index contributed by atoms with van der Waals surface area (Å²) in [6, 6.07) is 8.47. The number of nitro groups is 1. The van der Waals surface area contributed by atoms with Crippen LogP contribution in [0.4, 0.5) is 0 Å². The molecule has 1 aliphatic rings. The summed E-state index contributed by atoms with van der Waals surface area (Å²) >= 11 is 5.76. The maximum absolute atomic E-state index is 11.7. The van der Waals surface area contributed by atoms with Gasteiger partial charge in [0.1, 0.15) is 5.76 Å². The lowest BCUT2D eigenvalue weighted by Gasteiger charge is -2.16. The molecule has 1 aromatic carbocycles. The van der Waals surface area contributed by atoms with Gasteiger partial charge in [-0.25, -0.2) is 4.79 Å². The summed E-state index contributed by atoms with van der Waals surface area (Å²) in [6.07, 6.45) is 3.94. The Balaban J connectivity index is 2.04. The number of ether oxygens (including phenoxy) is 1. The number of alkyl halides is 1. The minimum absolute atomic E-state index is 0.0323. The average molecular weight is 280 g/mol. The van der Waals surface area contributed by atoms with E-state index < -0.39 is 15.9 Å². The van der Waals surface area contributed by atoms with E-state index in [0.717, 1.165) is 0 Å². The van der Waals surface area contributed by atoms with Gasteiger partial charge in [-0.3, -0.25) is 10.1 Å². The highest BCUT2D eigenvalue weighted by Crippen LogP contribution is 2.28. The van der Waals surface area contributed by atoms with E-state index in [9.17, 15) is 14.9 Å². The number of hydrogen-bond donors (Lipinski definition) is 0. The van der Waals surface area contributed by atoms with Crippen LogP contribution < -0.4 is 0 Å². The van der Waals surface area contributed by atoms with Crippen LogP contribution in [-0.4, -0.2) is 15.9 Å². The molecule has 0 saturated heterocycles. The molecule has 0 amide bonds. The molecule has 0 saturated carbocycles. The smallest absolute Gasteiger partial charge is 0.343 e. The van der Waals surface area contributed by atoms with Crippen molar-refractivity contribution >= 4 is 17.6 Å². The minimum atomic E-state index is -1.65. The lowest BCUT2D eigenvalue weighted by molar-refractivity contribution is -0.527. The van der Waals surface area contributed by atoms with Crippen LogP contribution in [0, 0.1) is 10.1 Å². The van der Waals surface area contributed by atoms with Crippen LogP contribution in [0.5, 0.6) is 0 Å². The third-order valence-electron chi connectivity index (χ3n) is 2.62. The summed E-state index contributed by atoms with van der Waals surface area (Å²) in [5, 5.41) is 10.7. The Bertz CT molecular complexity index is 567.